The topological polar surface area (TPSA) is 74.6 Å². The van der Waals surface area contributed by atoms with Gasteiger partial charge in [-0.05, 0) is 13.3 Å². The number of carbonyl (C=O) groups is 2. The third-order valence-corrected chi connectivity index (χ3v) is 3.36. The average Bonchev–Trinajstić information content (AvgIpc) is 2.45. The lowest BCUT2D eigenvalue weighted by atomic mass is 10.1. The van der Waals surface area contributed by atoms with E-state index >= 15 is 0 Å². The summed E-state index contributed by atoms with van der Waals surface area (Å²) in [7, 11) is 0. The Hall–Kier alpha value is -1.32. The monoisotopic (exact) mass is 314 g/mol. The second-order valence-corrected chi connectivity index (χ2v) is 5.76. The van der Waals surface area contributed by atoms with Crippen LogP contribution in [0.4, 0.5) is 0 Å². The van der Waals surface area contributed by atoms with Crippen molar-refractivity contribution in [2.24, 2.45) is 0 Å². The van der Waals surface area contributed by atoms with Crippen molar-refractivity contribution in [2.75, 3.05) is 0 Å². The van der Waals surface area contributed by atoms with Crippen LogP contribution in [0.25, 0.3) is 0 Å². The maximum Gasteiger partial charge on any atom is 0.330 e. The van der Waals surface area contributed by atoms with Crippen molar-refractivity contribution in [3.63, 3.8) is 0 Å². The highest BCUT2D eigenvalue weighted by Gasteiger charge is 1.96. The van der Waals surface area contributed by atoms with E-state index in [2.05, 4.69) is 13.5 Å². The second kappa shape index (κ2) is 17.7. The molecule has 0 aromatic carbocycles. The van der Waals surface area contributed by atoms with Crippen LogP contribution in [0, 0.1) is 0 Å². The van der Waals surface area contributed by atoms with Gasteiger partial charge in [-0.1, -0.05) is 77.7 Å². The average molecular weight is 314 g/mol. The van der Waals surface area contributed by atoms with E-state index in [4.69, 9.17) is 10.2 Å². The summed E-state index contributed by atoms with van der Waals surface area (Å²) < 4.78 is 0. The van der Waals surface area contributed by atoms with Gasteiger partial charge < -0.3 is 10.2 Å². The van der Waals surface area contributed by atoms with Crippen LogP contribution in [0.1, 0.15) is 90.9 Å². The molecule has 0 saturated carbocycles. The van der Waals surface area contributed by atoms with E-state index in [-0.39, 0.29) is 5.57 Å². The van der Waals surface area contributed by atoms with Crippen LogP contribution in [0.2, 0.25) is 0 Å². The van der Waals surface area contributed by atoms with Gasteiger partial charge in [0.15, 0.2) is 0 Å². The summed E-state index contributed by atoms with van der Waals surface area (Å²) in [6.07, 6.45) is 14.4. The zero-order chi connectivity index (χ0) is 17.2. The SMILES string of the molecule is C=C(C)C(=O)O.CCCCCCCCCCCCCC(=O)O. The minimum absolute atomic E-state index is 0.176. The summed E-state index contributed by atoms with van der Waals surface area (Å²) >= 11 is 0. The Bertz CT molecular complexity index is 285. The number of carboxylic acid groups (broad SMARTS) is 2. The lowest BCUT2D eigenvalue weighted by molar-refractivity contribution is -0.137. The third-order valence-electron chi connectivity index (χ3n) is 3.36. The Morgan fingerprint density at radius 1 is 0.773 bits per heavy atom. The zero-order valence-electron chi connectivity index (χ0n) is 14.4. The van der Waals surface area contributed by atoms with Crippen LogP contribution >= 0.6 is 0 Å². The zero-order valence-corrected chi connectivity index (χ0v) is 14.4. The molecule has 4 nitrogen and oxygen atoms in total. The molecule has 0 fully saturated rings. The van der Waals surface area contributed by atoms with Gasteiger partial charge in [0.25, 0.3) is 0 Å². The predicted molar refractivity (Wildman–Crippen MR) is 91.2 cm³/mol. The fourth-order valence-corrected chi connectivity index (χ4v) is 1.94. The Kier molecular flexibility index (Phi) is 18.5. The van der Waals surface area contributed by atoms with Gasteiger partial charge in [0.05, 0.1) is 0 Å². The molecule has 0 heterocycles. The first kappa shape index (κ1) is 23.0. The highest BCUT2D eigenvalue weighted by molar-refractivity contribution is 5.84. The Balaban J connectivity index is 0. The van der Waals surface area contributed by atoms with Crippen molar-refractivity contribution in [1.29, 1.82) is 0 Å². The Morgan fingerprint density at radius 3 is 1.36 bits per heavy atom. The van der Waals surface area contributed by atoms with Crippen molar-refractivity contribution in [1.82, 2.24) is 0 Å². The first-order valence-corrected chi connectivity index (χ1v) is 8.52. The number of aliphatic carboxylic acids is 2. The molecule has 0 aromatic rings. The Labute approximate surface area is 135 Å². The summed E-state index contributed by atoms with van der Waals surface area (Å²) in [6.45, 7) is 6.85. The molecule has 0 aliphatic rings. The summed E-state index contributed by atoms with van der Waals surface area (Å²) in [5.41, 5.74) is 0.176. The largest absolute Gasteiger partial charge is 0.481 e. The number of rotatable bonds is 13. The molecule has 0 aliphatic heterocycles. The van der Waals surface area contributed by atoms with E-state index in [9.17, 15) is 9.59 Å². The number of hydrogen-bond acceptors (Lipinski definition) is 2. The summed E-state index contributed by atoms with van der Waals surface area (Å²) in [6, 6.07) is 0. The number of carboxylic acids is 2. The maximum atomic E-state index is 10.3. The molecule has 130 valence electrons. The van der Waals surface area contributed by atoms with Gasteiger partial charge >= 0.3 is 11.9 Å². The van der Waals surface area contributed by atoms with Gasteiger partial charge in [-0.2, -0.15) is 0 Å². The Morgan fingerprint density at radius 2 is 1.09 bits per heavy atom. The minimum atomic E-state index is -0.935. The molecule has 0 rings (SSSR count). The third kappa shape index (κ3) is 23.7. The molecule has 0 spiro atoms. The summed E-state index contributed by atoms with van der Waals surface area (Å²) in [5.74, 6) is -1.59. The number of hydrogen-bond donors (Lipinski definition) is 2. The summed E-state index contributed by atoms with van der Waals surface area (Å²) in [5, 5.41) is 16.3. The van der Waals surface area contributed by atoms with Crippen LogP contribution < -0.4 is 0 Å². The standard InChI is InChI=1S/C14H28O2.C4H6O2/c1-2-3-4-5-6-7-8-9-10-11-12-13-14(15)16;1-3(2)4(5)6/h2-13H2,1H3,(H,15,16);1H2,2H3,(H,5,6). The molecule has 22 heavy (non-hydrogen) atoms. The van der Waals surface area contributed by atoms with Crippen LogP contribution in [0.5, 0.6) is 0 Å². The van der Waals surface area contributed by atoms with Crippen molar-refractivity contribution >= 4 is 11.9 Å². The van der Waals surface area contributed by atoms with Gasteiger partial charge in [-0.3, -0.25) is 4.79 Å². The maximum absolute atomic E-state index is 10.3. The molecule has 0 saturated heterocycles. The summed E-state index contributed by atoms with van der Waals surface area (Å²) in [4.78, 5) is 19.9. The van der Waals surface area contributed by atoms with Crippen LogP contribution in [-0.4, -0.2) is 22.2 Å². The molecule has 0 unspecified atom stereocenters. The van der Waals surface area contributed by atoms with Crippen LogP contribution in [0.3, 0.4) is 0 Å². The van der Waals surface area contributed by atoms with E-state index in [1.807, 2.05) is 0 Å². The molecule has 0 radical (unpaired) electrons. The smallest absolute Gasteiger partial charge is 0.330 e. The van der Waals surface area contributed by atoms with E-state index in [1.165, 1.54) is 64.7 Å². The molecule has 0 aliphatic carbocycles. The highest BCUT2D eigenvalue weighted by atomic mass is 16.4. The van der Waals surface area contributed by atoms with E-state index in [1.54, 1.807) is 0 Å². The fraction of sp³-hybridized carbons (Fsp3) is 0.778. The molecular weight excluding hydrogens is 280 g/mol. The van der Waals surface area contributed by atoms with Crippen LogP contribution in [0.15, 0.2) is 12.2 Å². The van der Waals surface area contributed by atoms with Crippen molar-refractivity contribution in [3.8, 4) is 0 Å². The minimum Gasteiger partial charge on any atom is -0.481 e. The van der Waals surface area contributed by atoms with Gasteiger partial charge in [0, 0.05) is 12.0 Å². The second-order valence-electron chi connectivity index (χ2n) is 5.76. The lowest BCUT2D eigenvalue weighted by Crippen LogP contribution is -1.93. The quantitative estimate of drug-likeness (QED) is 0.351. The lowest BCUT2D eigenvalue weighted by Gasteiger charge is -2.01. The van der Waals surface area contributed by atoms with Gasteiger partial charge in [-0.15, -0.1) is 0 Å². The highest BCUT2D eigenvalue weighted by Crippen LogP contribution is 2.11. The predicted octanol–water partition coefficient (Wildman–Crippen LogP) is 5.42. The molecule has 0 atom stereocenters. The van der Waals surface area contributed by atoms with Crippen molar-refractivity contribution < 1.29 is 19.8 Å². The van der Waals surface area contributed by atoms with Crippen LogP contribution in [-0.2, 0) is 9.59 Å². The van der Waals surface area contributed by atoms with Gasteiger partial charge in [0.2, 0.25) is 0 Å². The van der Waals surface area contributed by atoms with Crippen molar-refractivity contribution in [2.45, 2.75) is 90.9 Å². The molecule has 2 N–H and O–H groups in total. The molecule has 4 heteroatoms. The van der Waals surface area contributed by atoms with Gasteiger partial charge in [-0.25, -0.2) is 4.79 Å². The van der Waals surface area contributed by atoms with Crippen molar-refractivity contribution in [3.05, 3.63) is 12.2 Å². The van der Waals surface area contributed by atoms with E-state index < -0.39 is 11.9 Å². The molecule has 0 amide bonds. The normalized spacial score (nSPS) is 9.73. The fourth-order valence-electron chi connectivity index (χ4n) is 1.94. The van der Waals surface area contributed by atoms with Gasteiger partial charge in [0.1, 0.15) is 0 Å². The number of unbranched alkanes of at least 4 members (excludes halogenated alkanes) is 10. The first-order chi connectivity index (χ1) is 10.4. The molecular formula is C18H34O4. The van der Waals surface area contributed by atoms with E-state index in [0.29, 0.717) is 6.42 Å². The first-order valence-electron chi connectivity index (χ1n) is 8.52. The molecule has 0 bridgehead atoms. The molecule has 0 aromatic heterocycles. The van der Waals surface area contributed by atoms with E-state index in [0.717, 1.165) is 12.8 Å².